The average molecular weight is 275 g/mol. The Balaban J connectivity index is 2.25. The molecule has 0 amide bonds. The van der Waals surface area contributed by atoms with Gasteiger partial charge in [0, 0.05) is 17.3 Å². The summed E-state index contributed by atoms with van der Waals surface area (Å²) in [5.41, 5.74) is 4.53. The van der Waals surface area contributed by atoms with Crippen LogP contribution in [0, 0.1) is 19.7 Å². The van der Waals surface area contributed by atoms with Crippen LogP contribution in [-0.4, -0.2) is 16.3 Å². The molecule has 0 spiro atoms. The average Bonchev–Trinajstić information content (AvgIpc) is 2.67. The summed E-state index contributed by atoms with van der Waals surface area (Å²) in [5.74, 6) is -0.205. The first kappa shape index (κ1) is 14.7. The first-order valence-corrected chi connectivity index (χ1v) is 7.04. The van der Waals surface area contributed by atoms with E-state index in [4.69, 9.17) is 0 Å². The quantitative estimate of drug-likeness (QED) is 0.907. The fraction of sp³-hybridized carbons (Fsp3) is 0.438. The molecule has 1 atom stereocenters. The Morgan fingerprint density at radius 3 is 2.50 bits per heavy atom. The third-order valence-electron chi connectivity index (χ3n) is 3.63. The van der Waals surface area contributed by atoms with Crippen molar-refractivity contribution in [3.05, 3.63) is 52.6 Å². The Hall–Kier alpha value is -1.68. The molecule has 4 heteroatoms. The van der Waals surface area contributed by atoms with Gasteiger partial charge >= 0.3 is 0 Å². The summed E-state index contributed by atoms with van der Waals surface area (Å²) < 4.78 is 14.9. The van der Waals surface area contributed by atoms with E-state index >= 15 is 0 Å². The second-order valence-electron chi connectivity index (χ2n) is 5.15. The number of nitrogens with one attached hydrogen (secondary N) is 1. The fourth-order valence-electron chi connectivity index (χ4n) is 2.66. The molecular formula is C16H22FN3. The van der Waals surface area contributed by atoms with Gasteiger partial charge < -0.3 is 5.32 Å². The van der Waals surface area contributed by atoms with Crippen molar-refractivity contribution >= 4 is 0 Å². The van der Waals surface area contributed by atoms with Crippen LogP contribution in [0.3, 0.4) is 0 Å². The Morgan fingerprint density at radius 2 is 1.90 bits per heavy atom. The minimum Gasteiger partial charge on any atom is -0.310 e. The summed E-state index contributed by atoms with van der Waals surface area (Å²) in [6, 6.07) is 6.88. The lowest BCUT2D eigenvalue weighted by Crippen LogP contribution is -2.19. The molecule has 1 heterocycles. The molecule has 1 aromatic heterocycles. The second-order valence-corrected chi connectivity index (χ2v) is 5.15. The van der Waals surface area contributed by atoms with Gasteiger partial charge in [-0.3, -0.25) is 4.68 Å². The molecule has 0 saturated carbocycles. The Morgan fingerprint density at radius 1 is 1.25 bits per heavy atom. The van der Waals surface area contributed by atoms with E-state index in [0.29, 0.717) is 12.6 Å². The smallest absolute Gasteiger partial charge is 0.123 e. The van der Waals surface area contributed by atoms with Gasteiger partial charge in [0.25, 0.3) is 0 Å². The van der Waals surface area contributed by atoms with E-state index in [-0.39, 0.29) is 5.82 Å². The van der Waals surface area contributed by atoms with E-state index in [2.05, 4.69) is 31.2 Å². The number of aromatic nitrogens is 2. The van der Waals surface area contributed by atoms with Gasteiger partial charge in [0.2, 0.25) is 0 Å². The molecular weight excluding hydrogens is 253 g/mol. The highest BCUT2D eigenvalue weighted by molar-refractivity contribution is 5.29. The predicted molar refractivity (Wildman–Crippen MR) is 79.3 cm³/mol. The first-order chi connectivity index (χ1) is 9.52. The monoisotopic (exact) mass is 275 g/mol. The standard InChI is InChI=1S/C16H22FN3/c1-5-18-11(2)16-12(3)19-20(13(16)4)10-14-6-8-15(17)9-7-14/h6-9,11,18H,5,10H2,1-4H3. The van der Waals surface area contributed by atoms with Crippen LogP contribution < -0.4 is 5.32 Å². The number of nitrogens with zero attached hydrogens (tertiary/aromatic N) is 2. The van der Waals surface area contributed by atoms with Crippen LogP contribution in [0.15, 0.2) is 24.3 Å². The van der Waals surface area contributed by atoms with Crippen molar-refractivity contribution < 1.29 is 4.39 Å². The van der Waals surface area contributed by atoms with Crippen molar-refractivity contribution in [3.63, 3.8) is 0 Å². The molecule has 2 rings (SSSR count). The minimum atomic E-state index is -0.205. The molecule has 0 fully saturated rings. The van der Waals surface area contributed by atoms with Crippen LogP contribution in [0.5, 0.6) is 0 Å². The molecule has 1 unspecified atom stereocenters. The third kappa shape index (κ3) is 3.07. The topological polar surface area (TPSA) is 29.9 Å². The van der Waals surface area contributed by atoms with Gasteiger partial charge in [0.1, 0.15) is 5.82 Å². The largest absolute Gasteiger partial charge is 0.310 e. The zero-order valence-corrected chi connectivity index (χ0v) is 12.6. The maximum atomic E-state index is 12.9. The van der Waals surface area contributed by atoms with Gasteiger partial charge in [-0.05, 0) is 45.0 Å². The van der Waals surface area contributed by atoms with E-state index in [9.17, 15) is 4.39 Å². The van der Waals surface area contributed by atoms with Crippen LogP contribution in [0.25, 0.3) is 0 Å². The van der Waals surface area contributed by atoms with Gasteiger partial charge in [0.15, 0.2) is 0 Å². The van der Waals surface area contributed by atoms with Crippen molar-refractivity contribution in [2.45, 2.75) is 40.3 Å². The number of hydrogen-bond donors (Lipinski definition) is 1. The molecule has 0 saturated heterocycles. The summed E-state index contributed by atoms with van der Waals surface area (Å²) in [4.78, 5) is 0. The van der Waals surface area contributed by atoms with Crippen LogP contribution in [0.2, 0.25) is 0 Å². The highest BCUT2D eigenvalue weighted by Crippen LogP contribution is 2.22. The molecule has 1 N–H and O–H groups in total. The molecule has 108 valence electrons. The lowest BCUT2D eigenvalue weighted by molar-refractivity contribution is 0.589. The van der Waals surface area contributed by atoms with Crippen LogP contribution >= 0.6 is 0 Å². The van der Waals surface area contributed by atoms with E-state index in [1.165, 1.54) is 23.4 Å². The predicted octanol–water partition coefficient (Wildman–Crippen LogP) is 3.36. The number of halogens is 1. The summed E-state index contributed by atoms with van der Waals surface area (Å²) in [6.45, 7) is 9.99. The Bertz CT molecular complexity index is 572. The SMILES string of the molecule is CCNC(C)c1c(C)nn(Cc2ccc(F)cc2)c1C. The van der Waals surface area contributed by atoms with Crippen molar-refractivity contribution in [3.8, 4) is 0 Å². The number of rotatable bonds is 5. The van der Waals surface area contributed by atoms with E-state index in [0.717, 1.165) is 17.8 Å². The number of aryl methyl sites for hydroxylation is 1. The highest BCUT2D eigenvalue weighted by atomic mass is 19.1. The van der Waals surface area contributed by atoms with E-state index in [1.54, 1.807) is 12.1 Å². The van der Waals surface area contributed by atoms with Crippen LogP contribution in [-0.2, 0) is 6.54 Å². The second kappa shape index (κ2) is 6.18. The van der Waals surface area contributed by atoms with Crippen molar-refractivity contribution in [2.24, 2.45) is 0 Å². The Kier molecular flexibility index (Phi) is 4.55. The van der Waals surface area contributed by atoms with Crippen LogP contribution in [0.1, 0.15) is 42.4 Å². The van der Waals surface area contributed by atoms with E-state index in [1.807, 2.05) is 11.6 Å². The normalized spacial score (nSPS) is 12.7. The molecule has 0 bridgehead atoms. The third-order valence-corrected chi connectivity index (χ3v) is 3.63. The highest BCUT2D eigenvalue weighted by Gasteiger charge is 2.16. The molecule has 2 aromatic rings. The van der Waals surface area contributed by atoms with Gasteiger partial charge in [-0.1, -0.05) is 19.1 Å². The molecule has 1 aromatic carbocycles. The van der Waals surface area contributed by atoms with Crippen molar-refractivity contribution in [1.29, 1.82) is 0 Å². The molecule has 20 heavy (non-hydrogen) atoms. The van der Waals surface area contributed by atoms with Crippen molar-refractivity contribution in [1.82, 2.24) is 15.1 Å². The van der Waals surface area contributed by atoms with Gasteiger partial charge in [-0.15, -0.1) is 0 Å². The lowest BCUT2D eigenvalue weighted by Gasteiger charge is -2.13. The zero-order chi connectivity index (χ0) is 14.7. The fourth-order valence-corrected chi connectivity index (χ4v) is 2.66. The maximum Gasteiger partial charge on any atom is 0.123 e. The molecule has 0 aliphatic carbocycles. The summed E-state index contributed by atoms with van der Waals surface area (Å²) in [6.07, 6.45) is 0. The Labute approximate surface area is 119 Å². The summed E-state index contributed by atoms with van der Waals surface area (Å²) in [5, 5.41) is 8.04. The minimum absolute atomic E-state index is 0.205. The van der Waals surface area contributed by atoms with Gasteiger partial charge in [0.05, 0.1) is 12.2 Å². The van der Waals surface area contributed by atoms with Gasteiger partial charge in [-0.25, -0.2) is 4.39 Å². The maximum absolute atomic E-state index is 12.9. The van der Waals surface area contributed by atoms with Gasteiger partial charge in [-0.2, -0.15) is 5.10 Å². The summed E-state index contributed by atoms with van der Waals surface area (Å²) >= 11 is 0. The molecule has 3 nitrogen and oxygen atoms in total. The van der Waals surface area contributed by atoms with Crippen LogP contribution in [0.4, 0.5) is 4.39 Å². The number of benzene rings is 1. The number of hydrogen-bond acceptors (Lipinski definition) is 2. The molecule has 0 radical (unpaired) electrons. The lowest BCUT2D eigenvalue weighted by atomic mass is 10.1. The molecule has 0 aliphatic heterocycles. The first-order valence-electron chi connectivity index (χ1n) is 7.04. The zero-order valence-electron chi connectivity index (χ0n) is 12.6. The van der Waals surface area contributed by atoms with Crippen molar-refractivity contribution in [2.75, 3.05) is 6.54 Å². The summed E-state index contributed by atoms with van der Waals surface area (Å²) in [7, 11) is 0. The van der Waals surface area contributed by atoms with E-state index < -0.39 is 0 Å². The molecule has 0 aliphatic rings.